The number of nitrogens with zero attached hydrogens (tertiary/aromatic N) is 2. The number of amides is 1. The van der Waals surface area contributed by atoms with Gasteiger partial charge < -0.3 is 14.6 Å². The van der Waals surface area contributed by atoms with Crippen LogP contribution in [0.5, 0.6) is 11.5 Å². The van der Waals surface area contributed by atoms with Gasteiger partial charge in [0.05, 0.1) is 23.5 Å². The number of nitro benzene ring substituents is 1. The molecular weight excluding hydrogens is 384 g/mol. The van der Waals surface area contributed by atoms with Crippen molar-refractivity contribution in [3.05, 3.63) is 32.7 Å². The van der Waals surface area contributed by atoms with Gasteiger partial charge in [0, 0.05) is 6.07 Å². The molecule has 11 heteroatoms. The number of carbonyl (C=O) groups is 2. The van der Waals surface area contributed by atoms with E-state index in [0.717, 1.165) is 22.7 Å². The largest absolute Gasteiger partial charge is 0.500 e. The molecule has 1 fully saturated rings. The van der Waals surface area contributed by atoms with Gasteiger partial charge in [-0.25, -0.2) is 0 Å². The number of aromatic hydroxyl groups is 1. The van der Waals surface area contributed by atoms with Crippen LogP contribution in [-0.2, 0) is 14.3 Å². The van der Waals surface area contributed by atoms with Crippen molar-refractivity contribution in [3.8, 4) is 11.5 Å². The van der Waals surface area contributed by atoms with Gasteiger partial charge in [-0.05, 0) is 24.6 Å². The normalized spacial score (nSPS) is 15.5. The summed E-state index contributed by atoms with van der Waals surface area (Å²) < 4.78 is 9.89. The predicted molar refractivity (Wildman–Crippen MR) is 97.8 cm³/mol. The van der Waals surface area contributed by atoms with Gasteiger partial charge in [0.15, 0.2) is 5.75 Å². The second-order valence-corrected chi connectivity index (χ2v) is 6.60. The van der Waals surface area contributed by atoms with Crippen molar-refractivity contribution in [1.29, 1.82) is 0 Å². The minimum Gasteiger partial charge on any atom is -0.500 e. The van der Waals surface area contributed by atoms with Crippen LogP contribution in [0.25, 0.3) is 6.08 Å². The summed E-state index contributed by atoms with van der Waals surface area (Å²) in [6, 6.07) is 2.49. The van der Waals surface area contributed by atoms with Crippen molar-refractivity contribution < 1.29 is 29.1 Å². The van der Waals surface area contributed by atoms with E-state index >= 15 is 0 Å². The zero-order chi connectivity index (χ0) is 19.4. The Morgan fingerprint density at radius 3 is 2.77 bits per heavy atom. The quantitative estimate of drug-likeness (QED) is 0.252. The minimum atomic E-state index is -0.752. The van der Waals surface area contributed by atoms with E-state index in [4.69, 9.17) is 17.0 Å². The second-order valence-electron chi connectivity index (χ2n) is 4.92. The number of ether oxygens (including phenoxy) is 2. The summed E-state index contributed by atoms with van der Waals surface area (Å²) in [5.41, 5.74) is -0.274. The molecule has 0 aliphatic carbocycles. The Hall–Kier alpha value is -2.66. The van der Waals surface area contributed by atoms with Gasteiger partial charge in [-0.3, -0.25) is 24.6 Å². The van der Waals surface area contributed by atoms with Gasteiger partial charge >= 0.3 is 11.7 Å². The van der Waals surface area contributed by atoms with Crippen LogP contribution in [-0.4, -0.2) is 51.4 Å². The van der Waals surface area contributed by atoms with Gasteiger partial charge in [0.2, 0.25) is 5.75 Å². The fourth-order valence-electron chi connectivity index (χ4n) is 2.08. The van der Waals surface area contributed by atoms with Crippen molar-refractivity contribution in [2.24, 2.45) is 0 Å². The van der Waals surface area contributed by atoms with Gasteiger partial charge in [-0.2, -0.15) is 0 Å². The number of carbonyl (C=O) groups excluding carboxylic acids is 2. The first kappa shape index (κ1) is 19.7. The van der Waals surface area contributed by atoms with Crippen molar-refractivity contribution in [1.82, 2.24) is 4.90 Å². The maximum absolute atomic E-state index is 12.4. The summed E-state index contributed by atoms with van der Waals surface area (Å²) in [4.78, 5) is 35.4. The van der Waals surface area contributed by atoms with E-state index in [1.54, 1.807) is 6.92 Å². The second kappa shape index (κ2) is 8.15. The number of benzene rings is 1. The number of nitro groups is 1. The molecular formula is C15H14N2O7S2. The summed E-state index contributed by atoms with van der Waals surface area (Å²) in [5.74, 6) is -1.80. The predicted octanol–water partition coefficient (Wildman–Crippen LogP) is 2.07. The fourth-order valence-corrected chi connectivity index (χ4v) is 3.34. The van der Waals surface area contributed by atoms with Crippen molar-refractivity contribution in [3.63, 3.8) is 0 Å². The number of phenols is 1. The molecule has 0 aromatic heterocycles. The Kier molecular flexibility index (Phi) is 6.16. The van der Waals surface area contributed by atoms with Gasteiger partial charge in [0.1, 0.15) is 10.9 Å². The zero-order valence-corrected chi connectivity index (χ0v) is 15.4. The molecule has 1 saturated heterocycles. The van der Waals surface area contributed by atoms with Crippen molar-refractivity contribution in [2.75, 3.05) is 20.3 Å². The smallest absolute Gasteiger partial charge is 0.325 e. The van der Waals surface area contributed by atoms with Crippen LogP contribution in [0.2, 0.25) is 0 Å². The first-order chi connectivity index (χ1) is 12.3. The van der Waals surface area contributed by atoms with E-state index in [2.05, 4.69) is 4.74 Å². The highest BCUT2D eigenvalue weighted by atomic mass is 32.2. The molecule has 1 aliphatic rings. The van der Waals surface area contributed by atoms with Crippen molar-refractivity contribution >= 4 is 51.9 Å². The highest BCUT2D eigenvalue weighted by Gasteiger charge is 2.34. The molecule has 2 rings (SSSR count). The molecule has 1 heterocycles. The Labute approximate surface area is 157 Å². The molecule has 1 aromatic carbocycles. The van der Waals surface area contributed by atoms with Crippen LogP contribution >= 0.6 is 24.0 Å². The van der Waals surface area contributed by atoms with Crippen LogP contribution < -0.4 is 4.74 Å². The number of thioether (sulfide) groups is 1. The van der Waals surface area contributed by atoms with Gasteiger partial charge in [-0.1, -0.05) is 24.0 Å². The zero-order valence-electron chi connectivity index (χ0n) is 13.8. The maximum Gasteiger partial charge on any atom is 0.325 e. The fraction of sp³-hybridized carbons (Fsp3) is 0.267. The lowest BCUT2D eigenvalue weighted by atomic mass is 10.1. The number of hydrogen-bond acceptors (Lipinski definition) is 9. The molecule has 0 spiro atoms. The third-order valence-corrected chi connectivity index (χ3v) is 4.64. The molecule has 1 amide bonds. The van der Waals surface area contributed by atoms with E-state index in [0.29, 0.717) is 0 Å². The molecule has 138 valence electrons. The van der Waals surface area contributed by atoms with Crippen molar-refractivity contribution in [2.45, 2.75) is 6.92 Å². The van der Waals surface area contributed by atoms with E-state index in [-0.39, 0.29) is 33.7 Å². The average molecular weight is 398 g/mol. The average Bonchev–Trinajstić information content (AvgIpc) is 2.84. The molecule has 9 nitrogen and oxygen atoms in total. The summed E-state index contributed by atoms with van der Waals surface area (Å²) in [7, 11) is 1.20. The first-order valence-electron chi connectivity index (χ1n) is 7.24. The summed E-state index contributed by atoms with van der Waals surface area (Å²) in [5, 5.41) is 21.0. The minimum absolute atomic E-state index is 0.0713. The summed E-state index contributed by atoms with van der Waals surface area (Å²) in [6.07, 6.45) is 1.38. The van der Waals surface area contributed by atoms with E-state index in [9.17, 15) is 24.8 Å². The third-order valence-electron chi connectivity index (χ3n) is 3.26. The lowest BCUT2D eigenvalue weighted by molar-refractivity contribution is -0.386. The van der Waals surface area contributed by atoms with E-state index in [1.165, 1.54) is 19.3 Å². The third kappa shape index (κ3) is 4.11. The Balaban J connectivity index is 2.40. The van der Waals surface area contributed by atoms with Crippen LogP contribution in [0.4, 0.5) is 5.69 Å². The number of rotatable bonds is 6. The Morgan fingerprint density at radius 1 is 1.50 bits per heavy atom. The number of esters is 1. The summed E-state index contributed by atoms with van der Waals surface area (Å²) >= 11 is 6.03. The molecule has 1 N–H and O–H groups in total. The molecule has 0 atom stereocenters. The molecule has 0 unspecified atom stereocenters. The van der Waals surface area contributed by atoms with Crippen LogP contribution in [0.1, 0.15) is 12.5 Å². The molecule has 26 heavy (non-hydrogen) atoms. The molecule has 0 bridgehead atoms. The molecule has 1 aromatic rings. The summed E-state index contributed by atoms with van der Waals surface area (Å²) in [6.45, 7) is 1.53. The van der Waals surface area contributed by atoms with Gasteiger partial charge in [0.25, 0.3) is 5.91 Å². The lowest BCUT2D eigenvalue weighted by Gasteiger charge is -2.11. The van der Waals surface area contributed by atoms with Gasteiger partial charge in [-0.15, -0.1) is 0 Å². The maximum atomic E-state index is 12.4. The molecule has 0 radical (unpaired) electrons. The topological polar surface area (TPSA) is 119 Å². The Morgan fingerprint density at radius 2 is 2.19 bits per heavy atom. The number of hydrogen-bond donors (Lipinski definition) is 1. The van der Waals surface area contributed by atoms with E-state index in [1.807, 2.05) is 0 Å². The monoisotopic (exact) mass is 398 g/mol. The van der Waals surface area contributed by atoms with Crippen LogP contribution in [0.3, 0.4) is 0 Å². The first-order valence-corrected chi connectivity index (χ1v) is 8.47. The molecule has 0 saturated carbocycles. The standard InChI is InChI=1S/C15H14N2O7S2/c1-3-24-10-5-8(4-9(13(10)19)17(21)22)6-11-14(20)16(15(25)26-11)7-12(18)23-2/h4-6,19H,3,7H2,1-2H3/b11-6-. The number of thiocarbonyl (C=S) groups is 1. The number of methoxy groups -OCH3 is 1. The van der Waals surface area contributed by atoms with E-state index < -0.39 is 28.2 Å². The lowest BCUT2D eigenvalue weighted by Crippen LogP contribution is -2.33. The number of phenolic OH excluding ortho intramolecular Hbond substituents is 1. The highest BCUT2D eigenvalue weighted by molar-refractivity contribution is 8.26. The SMILES string of the molecule is CCOc1cc(/C=C2\SC(=S)N(CC(=O)OC)C2=O)cc([N+](=O)[O-])c1O. The van der Waals surface area contributed by atoms with Crippen LogP contribution in [0, 0.1) is 10.1 Å². The highest BCUT2D eigenvalue weighted by Crippen LogP contribution is 2.39. The van der Waals surface area contributed by atoms with Crippen LogP contribution in [0.15, 0.2) is 17.0 Å². The Bertz CT molecular complexity index is 822. The molecule has 1 aliphatic heterocycles.